The van der Waals surface area contributed by atoms with Crippen LogP contribution in [0.2, 0.25) is 5.02 Å². The minimum Gasteiger partial charge on any atom is -0.340 e. The summed E-state index contributed by atoms with van der Waals surface area (Å²) in [7, 11) is -1.95. The molecule has 0 aromatic heterocycles. The van der Waals surface area contributed by atoms with Crippen molar-refractivity contribution in [2.75, 3.05) is 24.2 Å². The van der Waals surface area contributed by atoms with Gasteiger partial charge in [-0.25, -0.2) is 8.42 Å². The third kappa shape index (κ3) is 5.73. The van der Waals surface area contributed by atoms with E-state index in [-0.39, 0.29) is 12.5 Å². The van der Waals surface area contributed by atoms with Crippen molar-refractivity contribution in [3.63, 3.8) is 0 Å². The van der Waals surface area contributed by atoms with Crippen molar-refractivity contribution in [3.05, 3.63) is 63.6 Å². The second kappa shape index (κ2) is 8.21. The molecule has 134 valence electrons. The van der Waals surface area contributed by atoms with Crippen LogP contribution in [0.4, 0.5) is 5.69 Å². The van der Waals surface area contributed by atoms with Gasteiger partial charge in [-0.05, 0) is 42.0 Å². The zero-order valence-corrected chi connectivity index (χ0v) is 17.0. The number of benzene rings is 2. The van der Waals surface area contributed by atoms with Gasteiger partial charge >= 0.3 is 0 Å². The van der Waals surface area contributed by atoms with E-state index in [9.17, 15) is 13.2 Å². The molecule has 2 rings (SSSR count). The van der Waals surface area contributed by atoms with E-state index >= 15 is 0 Å². The maximum Gasteiger partial charge on any atom is 0.243 e. The van der Waals surface area contributed by atoms with Crippen LogP contribution in [0.25, 0.3) is 0 Å². The average molecular weight is 446 g/mol. The van der Waals surface area contributed by atoms with Gasteiger partial charge in [0.25, 0.3) is 0 Å². The van der Waals surface area contributed by atoms with Crippen LogP contribution < -0.4 is 4.31 Å². The first kappa shape index (κ1) is 19.8. The number of carbonyl (C=O) groups is 1. The first-order chi connectivity index (χ1) is 11.7. The molecule has 1 amide bonds. The summed E-state index contributed by atoms with van der Waals surface area (Å²) in [5.41, 5.74) is 1.36. The number of amides is 1. The molecule has 0 radical (unpaired) electrons. The van der Waals surface area contributed by atoms with Crippen LogP contribution in [0.3, 0.4) is 0 Å². The predicted molar refractivity (Wildman–Crippen MR) is 104 cm³/mol. The van der Waals surface area contributed by atoms with Gasteiger partial charge in [-0.3, -0.25) is 9.10 Å². The molecule has 0 N–H and O–H groups in total. The Kier molecular flexibility index (Phi) is 6.48. The van der Waals surface area contributed by atoms with Crippen LogP contribution in [0.15, 0.2) is 53.0 Å². The standard InChI is InChI=1S/C17H18BrClN2O3S/c1-20(11-13-3-7-15(19)8-4-13)17(22)12-21(25(2,23)24)16-9-5-14(18)6-10-16/h3-10H,11-12H2,1-2H3. The van der Waals surface area contributed by atoms with E-state index in [1.165, 1.54) is 4.90 Å². The fourth-order valence-corrected chi connectivity index (χ4v) is 3.44. The average Bonchev–Trinajstić information content (AvgIpc) is 2.54. The number of rotatable bonds is 6. The number of hydrogen-bond donors (Lipinski definition) is 0. The summed E-state index contributed by atoms with van der Waals surface area (Å²) >= 11 is 9.16. The van der Waals surface area contributed by atoms with Crippen molar-refractivity contribution in [1.29, 1.82) is 0 Å². The fourth-order valence-electron chi connectivity index (χ4n) is 2.20. The maximum atomic E-state index is 12.5. The number of sulfonamides is 1. The van der Waals surface area contributed by atoms with Crippen LogP contribution in [-0.2, 0) is 21.4 Å². The quantitative estimate of drug-likeness (QED) is 0.683. The molecule has 0 aliphatic rings. The summed E-state index contributed by atoms with van der Waals surface area (Å²) in [6.45, 7) is 0.110. The van der Waals surface area contributed by atoms with Crippen molar-refractivity contribution in [3.8, 4) is 0 Å². The van der Waals surface area contributed by atoms with Gasteiger partial charge in [0.1, 0.15) is 6.54 Å². The minimum atomic E-state index is -3.58. The van der Waals surface area contributed by atoms with Gasteiger partial charge in [-0.2, -0.15) is 0 Å². The van der Waals surface area contributed by atoms with Gasteiger partial charge in [-0.1, -0.05) is 39.7 Å². The number of halogens is 2. The Bertz CT molecular complexity index is 839. The lowest BCUT2D eigenvalue weighted by Crippen LogP contribution is -2.41. The molecule has 0 aliphatic carbocycles. The number of carbonyl (C=O) groups excluding carboxylic acids is 1. The zero-order valence-electron chi connectivity index (χ0n) is 13.8. The minimum absolute atomic E-state index is 0.259. The summed E-state index contributed by atoms with van der Waals surface area (Å²) < 4.78 is 26.1. The smallest absolute Gasteiger partial charge is 0.243 e. The van der Waals surface area contributed by atoms with Gasteiger partial charge in [0, 0.05) is 23.1 Å². The Morgan fingerprint density at radius 1 is 1.08 bits per heavy atom. The number of nitrogens with zero attached hydrogens (tertiary/aromatic N) is 2. The highest BCUT2D eigenvalue weighted by Gasteiger charge is 2.22. The lowest BCUT2D eigenvalue weighted by molar-refractivity contribution is -0.128. The SMILES string of the molecule is CN(Cc1ccc(Cl)cc1)C(=O)CN(c1ccc(Br)cc1)S(C)(=O)=O. The summed E-state index contributed by atoms with van der Waals surface area (Å²) in [5, 5.41) is 0.621. The molecule has 0 atom stereocenters. The summed E-state index contributed by atoms with van der Waals surface area (Å²) in [6, 6.07) is 13.9. The first-order valence-corrected chi connectivity index (χ1v) is 10.4. The molecule has 0 unspecified atom stereocenters. The molecule has 0 aliphatic heterocycles. The highest BCUT2D eigenvalue weighted by molar-refractivity contribution is 9.10. The van der Waals surface area contributed by atoms with E-state index in [1.54, 1.807) is 43.4 Å². The lowest BCUT2D eigenvalue weighted by atomic mass is 10.2. The van der Waals surface area contributed by atoms with E-state index in [0.717, 1.165) is 20.6 Å². The molecule has 25 heavy (non-hydrogen) atoms. The molecule has 0 saturated heterocycles. The van der Waals surface area contributed by atoms with Gasteiger partial charge in [-0.15, -0.1) is 0 Å². The van der Waals surface area contributed by atoms with Crippen molar-refractivity contribution >= 4 is 49.1 Å². The maximum absolute atomic E-state index is 12.5. The topological polar surface area (TPSA) is 57.7 Å². The molecule has 5 nitrogen and oxygen atoms in total. The second-order valence-corrected chi connectivity index (χ2v) is 8.88. The van der Waals surface area contributed by atoms with Gasteiger partial charge in [0.2, 0.25) is 15.9 Å². The second-order valence-electron chi connectivity index (χ2n) is 5.62. The third-order valence-electron chi connectivity index (χ3n) is 3.55. The third-order valence-corrected chi connectivity index (χ3v) is 5.47. The van der Waals surface area contributed by atoms with Gasteiger partial charge in [0.05, 0.1) is 11.9 Å². The van der Waals surface area contributed by atoms with E-state index in [0.29, 0.717) is 17.3 Å². The largest absolute Gasteiger partial charge is 0.340 e. The Labute approximate surface area is 161 Å². The normalized spacial score (nSPS) is 11.2. The highest BCUT2D eigenvalue weighted by Crippen LogP contribution is 2.21. The van der Waals surface area contributed by atoms with Crippen LogP contribution in [-0.4, -0.2) is 39.1 Å². The van der Waals surface area contributed by atoms with Crippen LogP contribution in [0.5, 0.6) is 0 Å². The number of likely N-dealkylation sites (N-methyl/N-ethyl adjacent to an activating group) is 1. The van der Waals surface area contributed by atoms with E-state index in [2.05, 4.69) is 15.9 Å². The van der Waals surface area contributed by atoms with E-state index < -0.39 is 10.0 Å². The molecule has 0 spiro atoms. The molecular formula is C17H18BrClN2O3S. The van der Waals surface area contributed by atoms with Crippen molar-refractivity contribution in [1.82, 2.24) is 4.90 Å². The Morgan fingerprint density at radius 3 is 2.16 bits per heavy atom. The number of hydrogen-bond acceptors (Lipinski definition) is 3. The van der Waals surface area contributed by atoms with Crippen molar-refractivity contribution in [2.24, 2.45) is 0 Å². The molecule has 2 aromatic rings. The number of anilines is 1. The highest BCUT2D eigenvalue weighted by atomic mass is 79.9. The van der Waals surface area contributed by atoms with Crippen LogP contribution in [0.1, 0.15) is 5.56 Å². The Hall–Kier alpha value is -1.57. The van der Waals surface area contributed by atoms with Crippen LogP contribution in [0, 0.1) is 0 Å². The molecule has 0 heterocycles. The molecule has 0 fully saturated rings. The lowest BCUT2D eigenvalue weighted by Gasteiger charge is -2.25. The summed E-state index contributed by atoms with van der Waals surface area (Å²) in [4.78, 5) is 14.0. The Morgan fingerprint density at radius 2 is 1.64 bits per heavy atom. The predicted octanol–water partition coefficient (Wildman–Crippen LogP) is 3.53. The first-order valence-electron chi connectivity index (χ1n) is 7.38. The summed E-state index contributed by atoms with van der Waals surface area (Å²) in [6.07, 6.45) is 1.08. The monoisotopic (exact) mass is 444 g/mol. The van der Waals surface area contributed by atoms with Crippen LogP contribution >= 0.6 is 27.5 Å². The molecule has 0 bridgehead atoms. The van der Waals surface area contributed by atoms with E-state index in [4.69, 9.17) is 11.6 Å². The van der Waals surface area contributed by atoms with Gasteiger partial charge in [0.15, 0.2) is 0 Å². The summed E-state index contributed by atoms with van der Waals surface area (Å²) in [5.74, 6) is -0.303. The fraction of sp³-hybridized carbons (Fsp3) is 0.235. The molecule has 8 heteroatoms. The molecule has 2 aromatic carbocycles. The van der Waals surface area contributed by atoms with Crippen molar-refractivity contribution in [2.45, 2.75) is 6.54 Å². The molecular weight excluding hydrogens is 428 g/mol. The van der Waals surface area contributed by atoms with Gasteiger partial charge < -0.3 is 4.90 Å². The van der Waals surface area contributed by atoms with E-state index in [1.807, 2.05) is 12.1 Å². The molecule has 0 saturated carbocycles. The zero-order chi connectivity index (χ0) is 18.6. The Balaban J connectivity index is 2.13. The van der Waals surface area contributed by atoms with Crippen molar-refractivity contribution < 1.29 is 13.2 Å².